The lowest BCUT2D eigenvalue weighted by Crippen LogP contribution is -2.51. The summed E-state index contributed by atoms with van der Waals surface area (Å²) in [6.07, 6.45) is -0.822. The van der Waals surface area contributed by atoms with Gasteiger partial charge in [-0.15, -0.1) is 5.10 Å². The van der Waals surface area contributed by atoms with Gasteiger partial charge >= 0.3 is 11.7 Å². The van der Waals surface area contributed by atoms with Crippen LogP contribution in [-0.2, 0) is 16.0 Å². The Labute approximate surface area is 193 Å². The standard InChI is InChI=1S/C22H25F6N3O2S/c1-31-14-17(29-30-18(31)15-4-2-3-5-16(15)21(23,24)25)20-9-6-19(7-10-20,8-11-20)12-13-34(32,33)22(26,27)28/h2-5H,6-14H2,1H3. The number of nitrogens with zero attached hydrogens (tertiary/aromatic N) is 3. The number of hydrogen-bond acceptors (Lipinski definition) is 5. The van der Waals surface area contributed by atoms with Crippen molar-refractivity contribution in [2.45, 2.75) is 56.6 Å². The second kappa shape index (κ2) is 8.23. The van der Waals surface area contributed by atoms with Gasteiger partial charge in [0.25, 0.3) is 0 Å². The Hall–Kier alpha value is -2.11. The molecule has 0 unspecified atom stereocenters. The maximum atomic E-state index is 13.4. The fraction of sp³-hybridized carbons (Fsp3) is 0.636. The predicted octanol–water partition coefficient (Wildman–Crippen LogP) is 5.42. The third kappa shape index (κ3) is 4.45. The van der Waals surface area contributed by atoms with Crippen LogP contribution >= 0.6 is 0 Å². The summed E-state index contributed by atoms with van der Waals surface area (Å²) in [5.41, 5.74) is -6.04. The van der Waals surface area contributed by atoms with Crippen LogP contribution in [0.25, 0.3) is 0 Å². The molecule has 4 aliphatic rings. The van der Waals surface area contributed by atoms with Gasteiger partial charge in [0, 0.05) is 18.0 Å². The average Bonchev–Trinajstić information content (AvgIpc) is 2.78. The van der Waals surface area contributed by atoms with Crippen LogP contribution in [0.15, 0.2) is 34.5 Å². The Balaban J connectivity index is 1.51. The smallest absolute Gasteiger partial charge is 0.352 e. The van der Waals surface area contributed by atoms with Gasteiger partial charge in [0.15, 0.2) is 5.84 Å². The molecule has 188 valence electrons. The average molecular weight is 510 g/mol. The molecule has 12 heteroatoms. The molecule has 1 aliphatic heterocycles. The molecule has 0 atom stereocenters. The third-order valence-electron chi connectivity index (χ3n) is 7.75. The van der Waals surface area contributed by atoms with Gasteiger partial charge in [0.1, 0.15) is 0 Å². The molecule has 2 bridgehead atoms. The molecule has 0 aromatic heterocycles. The molecule has 0 saturated heterocycles. The third-order valence-corrected chi connectivity index (χ3v) is 9.20. The number of halogens is 6. The van der Waals surface area contributed by atoms with Crippen molar-refractivity contribution in [3.8, 4) is 0 Å². The molecule has 1 aromatic rings. The van der Waals surface area contributed by atoms with Crippen molar-refractivity contribution < 1.29 is 34.8 Å². The normalized spacial score (nSPS) is 28.0. The Morgan fingerprint density at radius 2 is 1.53 bits per heavy atom. The van der Waals surface area contributed by atoms with Crippen molar-refractivity contribution in [3.63, 3.8) is 0 Å². The van der Waals surface area contributed by atoms with Crippen LogP contribution < -0.4 is 0 Å². The van der Waals surface area contributed by atoms with Gasteiger partial charge in [0.2, 0.25) is 9.84 Å². The Kier molecular flexibility index (Phi) is 6.05. The van der Waals surface area contributed by atoms with Crippen LogP contribution in [0.1, 0.15) is 56.1 Å². The molecule has 3 fully saturated rings. The first-order valence-electron chi connectivity index (χ1n) is 11.0. The van der Waals surface area contributed by atoms with Gasteiger partial charge in [-0.3, -0.25) is 0 Å². The van der Waals surface area contributed by atoms with Gasteiger partial charge < -0.3 is 4.90 Å². The van der Waals surface area contributed by atoms with Crippen LogP contribution in [0.5, 0.6) is 0 Å². The fourth-order valence-electron chi connectivity index (χ4n) is 5.51. The molecule has 1 heterocycles. The number of benzene rings is 1. The zero-order valence-corrected chi connectivity index (χ0v) is 19.3. The van der Waals surface area contributed by atoms with E-state index in [-0.39, 0.29) is 23.2 Å². The van der Waals surface area contributed by atoms with Crippen LogP contribution in [0.4, 0.5) is 26.3 Å². The van der Waals surface area contributed by atoms with E-state index in [1.165, 1.54) is 18.2 Å². The molecule has 0 amide bonds. The van der Waals surface area contributed by atoms with Gasteiger partial charge in [0.05, 0.1) is 23.6 Å². The van der Waals surface area contributed by atoms with Gasteiger partial charge in [-0.2, -0.15) is 31.4 Å². The van der Waals surface area contributed by atoms with Crippen molar-refractivity contribution >= 4 is 21.4 Å². The molecule has 0 radical (unpaired) electrons. The predicted molar refractivity (Wildman–Crippen MR) is 115 cm³/mol. The molecule has 5 nitrogen and oxygen atoms in total. The molecule has 0 spiro atoms. The Bertz CT molecular complexity index is 1100. The first-order chi connectivity index (χ1) is 15.7. The quantitative estimate of drug-likeness (QED) is 0.498. The highest BCUT2D eigenvalue weighted by molar-refractivity contribution is 7.92. The summed E-state index contributed by atoms with van der Waals surface area (Å²) in [4.78, 5) is 1.65. The summed E-state index contributed by atoms with van der Waals surface area (Å²) in [6.45, 7) is 0.306. The summed E-state index contributed by atoms with van der Waals surface area (Å²) in [6, 6.07) is 5.20. The minimum atomic E-state index is -5.24. The molecule has 5 rings (SSSR count). The van der Waals surface area contributed by atoms with Crippen LogP contribution in [0.3, 0.4) is 0 Å². The summed E-state index contributed by atoms with van der Waals surface area (Å²) >= 11 is 0. The highest BCUT2D eigenvalue weighted by atomic mass is 32.2. The summed E-state index contributed by atoms with van der Waals surface area (Å²) < 4.78 is 102. The first kappa shape index (κ1) is 25.0. The highest BCUT2D eigenvalue weighted by Crippen LogP contribution is 2.59. The minimum absolute atomic E-state index is 0.0200. The molecule has 1 aromatic carbocycles. The van der Waals surface area contributed by atoms with E-state index in [2.05, 4.69) is 10.2 Å². The zero-order valence-electron chi connectivity index (χ0n) is 18.5. The molecular formula is C22H25F6N3O2S. The number of hydrogen-bond donors (Lipinski definition) is 0. The lowest BCUT2D eigenvalue weighted by atomic mass is 9.51. The van der Waals surface area contributed by atoms with E-state index in [0.29, 0.717) is 45.1 Å². The molecule has 0 N–H and O–H groups in total. The zero-order chi connectivity index (χ0) is 25.0. The number of fused-ring (bicyclic) bond motifs is 3. The van der Waals surface area contributed by atoms with Crippen LogP contribution in [-0.4, -0.2) is 49.7 Å². The van der Waals surface area contributed by atoms with Crippen LogP contribution in [0, 0.1) is 10.8 Å². The second-order valence-corrected chi connectivity index (χ2v) is 11.8. The van der Waals surface area contributed by atoms with Gasteiger partial charge in [-0.1, -0.05) is 18.2 Å². The number of alkyl halides is 6. The van der Waals surface area contributed by atoms with Gasteiger partial charge in [-0.25, -0.2) is 8.42 Å². The lowest BCUT2D eigenvalue weighted by molar-refractivity contribution is -0.137. The minimum Gasteiger partial charge on any atom is -0.352 e. The van der Waals surface area contributed by atoms with Crippen LogP contribution in [0.2, 0.25) is 0 Å². The van der Waals surface area contributed by atoms with E-state index in [4.69, 9.17) is 0 Å². The summed E-state index contributed by atoms with van der Waals surface area (Å²) in [5, 5.41) is 8.50. The van der Waals surface area contributed by atoms with E-state index in [9.17, 15) is 34.8 Å². The molecule has 3 saturated carbocycles. The second-order valence-electron chi connectivity index (χ2n) is 9.66. The van der Waals surface area contributed by atoms with E-state index in [1.807, 2.05) is 0 Å². The van der Waals surface area contributed by atoms with E-state index < -0.39 is 38.3 Å². The van der Waals surface area contributed by atoms with Crippen molar-refractivity contribution in [1.29, 1.82) is 0 Å². The molecular weight excluding hydrogens is 484 g/mol. The van der Waals surface area contributed by atoms with Crippen molar-refractivity contribution in [2.24, 2.45) is 21.0 Å². The monoisotopic (exact) mass is 509 g/mol. The highest BCUT2D eigenvalue weighted by Gasteiger charge is 2.53. The number of rotatable bonds is 5. The van der Waals surface area contributed by atoms with E-state index >= 15 is 0 Å². The fourth-order valence-corrected chi connectivity index (χ4v) is 6.44. The molecule has 3 aliphatic carbocycles. The summed E-state index contributed by atoms with van der Waals surface area (Å²) in [5.74, 6) is -0.772. The van der Waals surface area contributed by atoms with Gasteiger partial charge in [-0.05, 0) is 56.4 Å². The maximum absolute atomic E-state index is 13.4. The summed E-state index contributed by atoms with van der Waals surface area (Å²) in [7, 11) is -3.48. The van der Waals surface area contributed by atoms with E-state index in [1.54, 1.807) is 11.9 Å². The SMILES string of the molecule is CN1CC(C23CCC(CCS(=O)(=O)C(F)(F)F)(CC2)CC3)=NN=C1c1ccccc1C(F)(F)F. The van der Waals surface area contributed by atoms with E-state index in [0.717, 1.165) is 11.8 Å². The topological polar surface area (TPSA) is 62.1 Å². The lowest BCUT2D eigenvalue weighted by Gasteiger charge is -2.54. The van der Waals surface area contributed by atoms with Crippen molar-refractivity contribution in [2.75, 3.05) is 19.3 Å². The Morgan fingerprint density at radius 3 is 2.06 bits per heavy atom. The van der Waals surface area contributed by atoms with Crippen molar-refractivity contribution in [3.05, 3.63) is 35.4 Å². The molecule has 34 heavy (non-hydrogen) atoms. The number of sulfone groups is 1. The maximum Gasteiger partial charge on any atom is 0.497 e. The Morgan fingerprint density at radius 1 is 0.941 bits per heavy atom. The van der Waals surface area contributed by atoms with Crippen molar-refractivity contribution in [1.82, 2.24) is 4.90 Å². The number of amidine groups is 1. The largest absolute Gasteiger partial charge is 0.497 e. The first-order valence-corrected chi connectivity index (χ1v) is 12.7.